The van der Waals surface area contributed by atoms with Gasteiger partial charge in [0.05, 0.1) is 6.61 Å². The third-order valence-electron chi connectivity index (χ3n) is 4.40. The normalized spacial score (nSPS) is 12.3. The maximum Gasteiger partial charge on any atom is 0.330 e. The molecule has 2 rings (SSSR count). The van der Waals surface area contributed by atoms with Crippen molar-refractivity contribution in [3.63, 3.8) is 0 Å². The van der Waals surface area contributed by atoms with Crippen LogP contribution in [0.5, 0.6) is 0 Å². The van der Waals surface area contributed by atoms with Crippen LogP contribution in [0.1, 0.15) is 27.7 Å². The maximum absolute atomic E-state index is 12.0. The van der Waals surface area contributed by atoms with Crippen LogP contribution in [-0.2, 0) is 9.53 Å². The lowest BCUT2D eigenvalue weighted by molar-refractivity contribution is -0.137. The van der Waals surface area contributed by atoms with Crippen molar-refractivity contribution in [2.45, 2.75) is 32.7 Å². The molecule has 2 aromatic rings. The zero-order valence-electron chi connectivity index (χ0n) is 15.0. The average Bonchev–Trinajstić information content (AvgIpc) is 2.56. The molecule has 0 saturated heterocycles. The molecular weight excluding hydrogens is 312 g/mol. The number of carbonyl (C=O) groups is 1. The summed E-state index contributed by atoms with van der Waals surface area (Å²) < 4.78 is 5.12. The number of rotatable bonds is 5. The van der Waals surface area contributed by atoms with Gasteiger partial charge in [-0.1, -0.05) is 87.1 Å². The Morgan fingerprint density at radius 3 is 1.79 bits per heavy atom. The van der Waals surface area contributed by atoms with Crippen LogP contribution >= 0.6 is 0 Å². The highest BCUT2D eigenvalue weighted by molar-refractivity contribution is 7.07. The van der Waals surface area contributed by atoms with E-state index in [0.29, 0.717) is 6.61 Å². The summed E-state index contributed by atoms with van der Waals surface area (Å²) in [4.78, 5) is 12.0. The van der Waals surface area contributed by atoms with Gasteiger partial charge in [-0.05, 0) is 22.3 Å². The van der Waals surface area contributed by atoms with E-state index >= 15 is 0 Å². The summed E-state index contributed by atoms with van der Waals surface area (Å²) in [5.41, 5.74) is 2.13. The molecule has 0 radical (unpaired) electrons. The van der Waals surface area contributed by atoms with Crippen molar-refractivity contribution < 1.29 is 9.53 Å². The predicted octanol–water partition coefficient (Wildman–Crippen LogP) is 3.71. The first kappa shape index (κ1) is 18.2. The minimum absolute atomic E-state index is 0.00129. The highest BCUT2D eigenvalue weighted by Gasteiger charge is 2.45. The second kappa shape index (κ2) is 7.62. The van der Waals surface area contributed by atoms with Crippen molar-refractivity contribution in [3.8, 4) is 0 Å². The summed E-state index contributed by atoms with van der Waals surface area (Å²) in [6.07, 6.45) is 1.63. The minimum Gasteiger partial charge on any atom is -0.463 e. The zero-order valence-corrected chi connectivity index (χ0v) is 16.0. The fourth-order valence-corrected chi connectivity index (χ4v) is 8.03. The standard InChI is InChI=1S/C21H26O2Si/c1-5-23-20(22)16-17-24(21(2,3)4,18-12-8-6-9-13-18)19-14-10-7-11-15-19/h6-17H,5H2,1-4H3/b17-16+. The maximum atomic E-state index is 12.0. The molecule has 0 atom stereocenters. The molecule has 0 aromatic heterocycles. The fraction of sp³-hybridized carbons (Fsp3) is 0.286. The van der Waals surface area contributed by atoms with Gasteiger partial charge in [0.25, 0.3) is 0 Å². The van der Waals surface area contributed by atoms with E-state index in [0.717, 1.165) is 0 Å². The van der Waals surface area contributed by atoms with Gasteiger partial charge >= 0.3 is 5.97 Å². The van der Waals surface area contributed by atoms with Crippen molar-refractivity contribution in [1.82, 2.24) is 0 Å². The fourth-order valence-electron chi connectivity index (χ4n) is 3.26. The molecule has 0 N–H and O–H groups in total. The van der Waals surface area contributed by atoms with Crippen molar-refractivity contribution in [1.29, 1.82) is 0 Å². The van der Waals surface area contributed by atoms with Gasteiger partial charge < -0.3 is 4.74 Å². The first-order valence-electron chi connectivity index (χ1n) is 8.39. The molecule has 24 heavy (non-hydrogen) atoms. The van der Waals surface area contributed by atoms with Gasteiger partial charge in [0.2, 0.25) is 0 Å². The summed E-state index contributed by atoms with van der Waals surface area (Å²) in [7, 11) is -2.32. The largest absolute Gasteiger partial charge is 0.463 e. The number of carbonyl (C=O) groups excluding carboxylic acids is 1. The molecule has 0 aliphatic rings. The van der Waals surface area contributed by atoms with Gasteiger partial charge in [0, 0.05) is 6.08 Å². The molecule has 2 nitrogen and oxygen atoms in total. The molecule has 0 spiro atoms. The van der Waals surface area contributed by atoms with E-state index in [9.17, 15) is 4.79 Å². The van der Waals surface area contributed by atoms with Crippen LogP contribution in [0.15, 0.2) is 72.4 Å². The SMILES string of the molecule is CCOC(=O)/C=C/[Si](c1ccccc1)(c1ccccc1)C(C)(C)C. The Bertz CT molecular complexity index is 645. The van der Waals surface area contributed by atoms with Crippen molar-refractivity contribution in [2.24, 2.45) is 0 Å². The van der Waals surface area contributed by atoms with Gasteiger partial charge in [0.15, 0.2) is 0 Å². The summed E-state index contributed by atoms with van der Waals surface area (Å²) in [5.74, 6) is -0.273. The third-order valence-corrected chi connectivity index (χ3v) is 9.92. The third kappa shape index (κ3) is 3.67. The topological polar surface area (TPSA) is 26.3 Å². The van der Waals surface area contributed by atoms with E-state index in [-0.39, 0.29) is 11.0 Å². The van der Waals surface area contributed by atoms with Crippen molar-refractivity contribution in [3.05, 3.63) is 72.4 Å². The lowest BCUT2D eigenvalue weighted by Gasteiger charge is -2.41. The second-order valence-electron chi connectivity index (χ2n) is 6.88. The zero-order chi connectivity index (χ0) is 17.6. The Hall–Kier alpha value is -2.13. The lowest BCUT2D eigenvalue weighted by atomic mass is 10.2. The number of ether oxygens (including phenoxy) is 1. The number of hydrogen-bond acceptors (Lipinski definition) is 2. The molecule has 0 heterocycles. The number of esters is 1. The van der Waals surface area contributed by atoms with Crippen LogP contribution in [0.2, 0.25) is 5.04 Å². The van der Waals surface area contributed by atoms with E-state index in [1.807, 2.05) is 19.1 Å². The number of hydrogen-bond donors (Lipinski definition) is 0. The van der Waals surface area contributed by atoms with Gasteiger partial charge in [-0.15, -0.1) is 0 Å². The van der Waals surface area contributed by atoms with Crippen LogP contribution in [0.25, 0.3) is 0 Å². The summed E-state index contributed by atoms with van der Waals surface area (Å²) in [5, 5.41) is 2.59. The van der Waals surface area contributed by atoms with Crippen LogP contribution in [0, 0.1) is 0 Å². The first-order chi connectivity index (χ1) is 11.4. The van der Waals surface area contributed by atoms with Gasteiger partial charge in [-0.2, -0.15) is 0 Å². The highest BCUT2D eigenvalue weighted by Crippen LogP contribution is 2.36. The minimum atomic E-state index is -2.32. The van der Waals surface area contributed by atoms with Gasteiger partial charge in [-0.25, -0.2) is 4.79 Å². The molecule has 0 unspecified atom stereocenters. The average molecular weight is 339 g/mol. The van der Waals surface area contributed by atoms with Crippen LogP contribution in [0.4, 0.5) is 0 Å². The predicted molar refractivity (Wildman–Crippen MR) is 103 cm³/mol. The molecule has 2 aromatic carbocycles. The van der Waals surface area contributed by atoms with Gasteiger partial charge in [0.1, 0.15) is 8.07 Å². The van der Waals surface area contributed by atoms with E-state index in [1.165, 1.54) is 10.4 Å². The van der Waals surface area contributed by atoms with E-state index < -0.39 is 8.07 Å². The second-order valence-corrected chi connectivity index (χ2v) is 11.5. The Morgan fingerprint density at radius 2 is 1.42 bits per heavy atom. The molecule has 3 heteroatoms. The van der Waals surface area contributed by atoms with Crippen LogP contribution in [0.3, 0.4) is 0 Å². The van der Waals surface area contributed by atoms with Crippen molar-refractivity contribution in [2.75, 3.05) is 6.61 Å². The Labute approximate surface area is 146 Å². The van der Waals surface area contributed by atoms with E-state index in [4.69, 9.17) is 4.74 Å². The van der Waals surface area contributed by atoms with Gasteiger partial charge in [-0.3, -0.25) is 0 Å². The van der Waals surface area contributed by atoms with Crippen LogP contribution in [-0.4, -0.2) is 20.7 Å². The Kier molecular flexibility index (Phi) is 5.78. The lowest BCUT2D eigenvalue weighted by Crippen LogP contribution is -2.63. The number of benzene rings is 2. The Morgan fingerprint density at radius 1 is 0.958 bits per heavy atom. The molecule has 0 saturated carbocycles. The monoisotopic (exact) mass is 338 g/mol. The highest BCUT2D eigenvalue weighted by atomic mass is 28.3. The van der Waals surface area contributed by atoms with Crippen molar-refractivity contribution >= 4 is 24.4 Å². The smallest absolute Gasteiger partial charge is 0.330 e. The molecule has 0 amide bonds. The quantitative estimate of drug-likeness (QED) is 0.472. The van der Waals surface area contributed by atoms with E-state index in [1.54, 1.807) is 6.08 Å². The molecule has 0 bridgehead atoms. The molecule has 0 aliphatic carbocycles. The van der Waals surface area contributed by atoms with Crippen LogP contribution < -0.4 is 10.4 Å². The summed E-state index contributed by atoms with van der Waals surface area (Å²) >= 11 is 0. The molecule has 126 valence electrons. The summed E-state index contributed by atoms with van der Waals surface area (Å²) in [6.45, 7) is 9.00. The molecular formula is C21H26O2Si. The summed E-state index contributed by atoms with van der Waals surface area (Å²) in [6, 6.07) is 21.1. The Balaban J connectivity index is 2.69. The molecule has 0 aliphatic heterocycles. The molecule has 0 fully saturated rings. The first-order valence-corrected chi connectivity index (χ1v) is 10.5. The van der Waals surface area contributed by atoms with E-state index in [2.05, 4.69) is 75.0 Å².